The fourth-order valence-corrected chi connectivity index (χ4v) is 6.05. The summed E-state index contributed by atoms with van der Waals surface area (Å²) in [6.45, 7) is 6.95. The van der Waals surface area contributed by atoms with Crippen LogP contribution in [0.15, 0.2) is 15.2 Å². The zero-order valence-electron chi connectivity index (χ0n) is 17.4. The monoisotopic (exact) mass is 472 g/mol. The molecule has 0 aromatic carbocycles. The van der Waals surface area contributed by atoms with Gasteiger partial charge in [-0.15, -0.1) is 4.52 Å². The molecule has 0 aromatic heterocycles. The van der Waals surface area contributed by atoms with Gasteiger partial charge in [0.15, 0.2) is 5.03 Å². The van der Waals surface area contributed by atoms with Gasteiger partial charge in [0.25, 0.3) is 5.03 Å². The first kappa shape index (κ1) is 25.9. The van der Waals surface area contributed by atoms with Crippen LogP contribution in [0.4, 0.5) is 0 Å². The minimum atomic E-state index is -3.54. The molecule has 0 fully saturated rings. The topological polar surface area (TPSA) is 65.0 Å². The van der Waals surface area contributed by atoms with Gasteiger partial charge in [-0.3, -0.25) is 0 Å². The van der Waals surface area contributed by atoms with E-state index in [1.807, 2.05) is 0 Å². The maximum absolute atomic E-state index is 12.7. The molecule has 0 spiro atoms. The first-order chi connectivity index (χ1) is 13.2. The third-order valence-corrected chi connectivity index (χ3v) is 8.26. The van der Waals surface area contributed by atoms with E-state index < -0.39 is 17.0 Å². The van der Waals surface area contributed by atoms with Crippen LogP contribution in [-0.2, 0) is 30.7 Å². The lowest BCUT2D eigenvalue weighted by atomic mass is 10.2. The van der Waals surface area contributed by atoms with Crippen LogP contribution >= 0.6 is 18.8 Å². The average molecular weight is 473 g/mol. The smallest absolute Gasteiger partial charge is 0.222 e. The number of rotatable bonds is 14. The highest BCUT2D eigenvalue weighted by molar-refractivity contribution is 8.00. The molecule has 10 heteroatoms. The van der Waals surface area contributed by atoms with Crippen LogP contribution in [0.3, 0.4) is 0 Å². The molecule has 28 heavy (non-hydrogen) atoms. The molecular formula is C18H34ClN2O4PS2+2. The number of hydrogen-bond acceptors (Lipinski definition) is 6. The van der Waals surface area contributed by atoms with Crippen molar-refractivity contribution in [2.24, 2.45) is 5.10 Å². The van der Waals surface area contributed by atoms with Crippen LogP contribution in [-0.4, -0.2) is 44.9 Å². The lowest BCUT2D eigenvalue weighted by Crippen LogP contribution is -2.40. The minimum Gasteiger partial charge on any atom is -0.222 e. The SMILES string of the molecule is CCCCCCO[P+](=S)OC1=N[N+](C)(CCCCCC)C(S(=O)(=O)CC)=C1Cl. The van der Waals surface area contributed by atoms with E-state index in [1.54, 1.807) is 14.0 Å². The second-order valence-corrected chi connectivity index (χ2v) is 11.4. The van der Waals surface area contributed by atoms with Gasteiger partial charge in [-0.1, -0.05) is 64.5 Å². The zero-order chi connectivity index (χ0) is 21.2. The Labute approximate surface area is 181 Å². The summed E-state index contributed by atoms with van der Waals surface area (Å²) in [4.78, 5) is 0. The Morgan fingerprint density at radius 2 is 1.68 bits per heavy atom. The van der Waals surface area contributed by atoms with Gasteiger partial charge in [0.1, 0.15) is 13.2 Å². The van der Waals surface area contributed by atoms with Crippen molar-refractivity contribution in [3.8, 4) is 0 Å². The molecule has 0 aromatic rings. The van der Waals surface area contributed by atoms with Crippen LogP contribution in [0.1, 0.15) is 72.1 Å². The lowest BCUT2D eigenvalue weighted by molar-refractivity contribution is -0.870. The second kappa shape index (κ2) is 12.6. The molecule has 0 radical (unpaired) electrons. The molecule has 6 nitrogen and oxygen atoms in total. The molecule has 2 unspecified atom stereocenters. The van der Waals surface area contributed by atoms with Gasteiger partial charge in [0.2, 0.25) is 21.6 Å². The normalized spacial score (nSPS) is 20.5. The Morgan fingerprint density at radius 3 is 2.25 bits per heavy atom. The van der Waals surface area contributed by atoms with E-state index in [0.717, 1.165) is 51.4 Å². The van der Waals surface area contributed by atoms with Gasteiger partial charge in [-0.25, -0.2) is 12.9 Å². The Morgan fingerprint density at radius 1 is 1.07 bits per heavy atom. The number of halogens is 1. The summed E-state index contributed by atoms with van der Waals surface area (Å²) in [7, 11) is -3.41. The van der Waals surface area contributed by atoms with E-state index in [1.165, 1.54) is 0 Å². The van der Waals surface area contributed by atoms with Crippen molar-refractivity contribution in [1.29, 1.82) is 0 Å². The number of hydrogen-bond donors (Lipinski definition) is 0. The van der Waals surface area contributed by atoms with Crippen LogP contribution in [0, 0.1) is 0 Å². The highest BCUT2D eigenvalue weighted by atomic mass is 35.5. The maximum Gasteiger partial charge on any atom is 0.575 e. The van der Waals surface area contributed by atoms with E-state index in [9.17, 15) is 8.42 Å². The number of nitrogens with zero attached hydrogens (tertiary/aromatic N) is 2. The third-order valence-electron chi connectivity index (χ3n) is 4.60. The lowest BCUT2D eigenvalue weighted by Gasteiger charge is -2.25. The maximum atomic E-state index is 12.7. The summed E-state index contributed by atoms with van der Waals surface area (Å²) >= 11 is 11.7. The van der Waals surface area contributed by atoms with Crippen molar-refractivity contribution < 1.29 is 22.1 Å². The van der Waals surface area contributed by atoms with Crippen molar-refractivity contribution in [2.75, 3.05) is 26.0 Å². The fourth-order valence-electron chi connectivity index (χ4n) is 2.99. The van der Waals surface area contributed by atoms with Gasteiger partial charge in [0, 0.05) is 0 Å². The molecule has 162 valence electrons. The number of unbranched alkanes of at least 4 members (excludes halogenated alkanes) is 6. The molecule has 1 aliphatic heterocycles. The molecular weight excluding hydrogens is 439 g/mol. The third kappa shape index (κ3) is 7.62. The number of quaternary nitrogens is 1. The summed E-state index contributed by atoms with van der Waals surface area (Å²) in [6, 6.07) is 0. The Hall–Kier alpha value is -0.110. The minimum absolute atomic E-state index is 0.0341. The standard InChI is InChI=1S/C18H34ClN2O4PS2/c1-5-8-10-12-14-21(4)18(28(22,23)7-3)16(19)17(20-21)25-26(27)24-15-13-11-9-6-2/h5-15H2,1-4H3/q+2. The Kier molecular flexibility index (Phi) is 11.6. The van der Waals surface area contributed by atoms with Crippen molar-refractivity contribution in [2.45, 2.75) is 72.1 Å². The Balaban J connectivity index is 2.89. The van der Waals surface area contributed by atoms with Gasteiger partial charge >= 0.3 is 13.0 Å². The van der Waals surface area contributed by atoms with Gasteiger partial charge in [-0.2, -0.15) is 4.59 Å². The molecule has 1 rings (SSSR count). The summed E-state index contributed by atoms with van der Waals surface area (Å²) in [6.07, 6.45) is 8.39. The number of sulfone groups is 1. The molecule has 0 N–H and O–H groups in total. The second-order valence-electron chi connectivity index (χ2n) is 7.06. The molecule has 0 saturated heterocycles. The molecule has 1 aliphatic rings. The predicted molar refractivity (Wildman–Crippen MR) is 120 cm³/mol. The highest BCUT2D eigenvalue weighted by Gasteiger charge is 2.49. The Bertz CT molecular complexity index is 698. The van der Waals surface area contributed by atoms with Crippen molar-refractivity contribution >= 4 is 46.3 Å². The van der Waals surface area contributed by atoms with E-state index in [0.29, 0.717) is 13.2 Å². The predicted octanol–water partition coefficient (Wildman–Crippen LogP) is 5.57. The van der Waals surface area contributed by atoms with Crippen LogP contribution < -0.4 is 0 Å². The van der Waals surface area contributed by atoms with Crippen LogP contribution in [0.25, 0.3) is 0 Å². The summed E-state index contributed by atoms with van der Waals surface area (Å²) < 4.78 is 36.5. The highest BCUT2D eigenvalue weighted by Crippen LogP contribution is 2.39. The summed E-state index contributed by atoms with van der Waals surface area (Å²) in [5.41, 5.74) is 0. The van der Waals surface area contributed by atoms with Crippen LogP contribution in [0.5, 0.6) is 0 Å². The fraction of sp³-hybridized carbons (Fsp3) is 0.833. The van der Waals surface area contributed by atoms with Crippen molar-refractivity contribution in [3.05, 3.63) is 10.1 Å². The summed E-state index contributed by atoms with van der Waals surface area (Å²) in [5, 5.41) is 4.64. The van der Waals surface area contributed by atoms with E-state index >= 15 is 0 Å². The molecule has 1 heterocycles. The first-order valence-corrected chi connectivity index (χ1v) is 14.3. The molecule has 0 saturated carbocycles. The van der Waals surface area contributed by atoms with E-state index in [4.69, 9.17) is 32.5 Å². The molecule has 0 amide bonds. The van der Waals surface area contributed by atoms with Gasteiger partial charge in [0.05, 0.1) is 12.8 Å². The largest absolute Gasteiger partial charge is 0.575 e. The van der Waals surface area contributed by atoms with Gasteiger partial charge < -0.3 is 0 Å². The van der Waals surface area contributed by atoms with Crippen molar-refractivity contribution in [3.63, 3.8) is 0 Å². The first-order valence-electron chi connectivity index (χ1n) is 10.1. The quantitative estimate of drug-likeness (QED) is 0.188. The summed E-state index contributed by atoms with van der Waals surface area (Å²) in [5.74, 6) is 0.0436. The molecule has 0 bridgehead atoms. The van der Waals surface area contributed by atoms with Crippen molar-refractivity contribution in [1.82, 2.24) is 0 Å². The van der Waals surface area contributed by atoms with E-state index in [-0.39, 0.29) is 26.3 Å². The molecule has 0 aliphatic carbocycles. The molecule has 2 atom stereocenters. The van der Waals surface area contributed by atoms with Gasteiger partial charge in [-0.05, 0) is 24.4 Å². The van der Waals surface area contributed by atoms with Crippen LogP contribution in [0.2, 0.25) is 0 Å². The zero-order valence-corrected chi connectivity index (χ0v) is 20.7. The van der Waals surface area contributed by atoms with E-state index in [2.05, 4.69) is 18.9 Å². The average Bonchev–Trinajstić information content (AvgIpc) is 2.89.